The van der Waals surface area contributed by atoms with Gasteiger partial charge in [0.1, 0.15) is 5.82 Å². The van der Waals surface area contributed by atoms with Gasteiger partial charge in [-0.2, -0.15) is 0 Å². The van der Waals surface area contributed by atoms with Gasteiger partial charge in [0.05, 0.1) is 10.6 Å². The quantitative estimate of drug-likeness (QED) is 0.825. The predicted molar refractivity (Wildman–Crippen MR) is 80.2 cm³/mol. The maximum atomic E-state index is 13.9. The van der Waals surface area contributed by atoms with Crippen LogP contribution in [0.5, 0.6) is 0 Å². The molecule has 0 bridgehead atoms. The summed E-state index contributed by atoms with van der Waals surface area (Å²) in [5.74, 6) is -0.617. The number of hydrogen-bond donors (Lipinski definition) is 2. The second-order valence-corrected chi connectivity index (χ2v) is 7.03. The summed E-state index contributed by atoms with van der Waals surface area (Å²) in [6.07, 6.45) is 0. The fourth-order valence-electron chi connectivity index (χ4n) is 2.37. The minimum atomic E-state index is -3.88. The van der Waals surface area contributed by atoms with E-state index in [1.54, 1.807) is 0 Å². The number of nitrogens with one attached hydrogen (secondary N) is 1. The monoisotopic (exact) mass is 316 g/mol. The first-order valence-corrected chi connectivity index (χ1v) is 8.27. The van der Waals surface area contributed by atoms with E-state index in [2.05, 4.69) is 22.2 Å². The molecule has 8 heteroatoms. The van der Waals surface area contributed by atoms with Crippen molar-refractivity contribution in [3.63, 3.8) is 0 Å². The number of nitrogens with two attached hydrogens (primary N) is 1. The van der Waals surface area contributed by atoms with Gasteiger partial charge in [0.2, 0.25) is 10.0 Å². The fourth-order valence-corrected chi connectivity index (χ4v) is 2.89. The number of anilines is 1. The molecule has 0 amide bonds. The maximum absolute atomic E-state index is 13.9. The number of likely N-dealkylation sites (N-methyl/N-ethyl adjacent to an activating group) is 2. The van der Waals surface area contributed by atoms with Gasteiger partial charge in [-0.25, -0.2) is 17.9 Å². The second kappa shape index (κ2) is 6.27. The molecule has 0 saturated carbocycles. The Morgan fingerprint density at radius 3 is 2.71 bits per heavy atom. The topological polar surface area (TPSA) is 78.7 Å². The molecule has 1 atom stereocenters. The summed E-state index contributed by atoms with van der Waals surface area (Å²) in [4.78, 5) is 4.23. The standard InChI is InChI=1S/C13H21FN4O2S/c1-17-5-6-18(2)10(9-17)8-16-13-4-3-11(7-12(13)14)21(15,19)20/h3-4,7,10,16H,5-6,8-9H2,1-2H3,(H2,15,19,20). The van der Waals surface area contributed by atoms with Crippen LogP contribution >= 0.6 is 0 Å². The summed E-state index contributed by atoms with van der Waals surface area (Å²) in [6, 6.07) is 3.93. The Morgan fingerprint density at radius 2 is 2.10 bits per heavy atom. The van der Waals surface area contributed by atoms with E-state index in [1.807, 2.05) is 7.05 Å². The Kier molecular flexibility index (Phi) is 4.82. The van der Waals surface area contributed by atoms with Crippen molar-refractivity contribution in [2.75, 3.05) is 45.6 Å². The SMILES string of the molecule is CN1CCN(C)C(CNc2ccc(S(N)(=O)=O)cc2F)C1. The zero-order valence-electron chi connectivity index (χ0n) is 12.2. The zero-order valence-corrected chi connectivity index (χ0v) is 13.0. The van der Waals surface area contributed by atoms with Crippen LogP contribution in [0.3, 0.4) is 0 Å². The molecule has 2 rings (SSSR count). The van der Waals surface area contributed by atoms with Crippen LogP contribution in [0, 0.1) is 5.82 Å². The Balaban J connectivity index is 2.03. The first-order valence-electron chi connectivity index (χ1n) is 6.72. The minimum absolute atomic E-state index is 0.222. The molecule has 1 unspecified atom stereocenters. The number of piperazine rings is 1. The van der Waals surface area contributed by atoms with Crippen LogP contribution in [0.4, 0.5) is 10.1 Å². The highest BCUT2D eigenvalue weighted by Crippen LogP contribution is 2.18. The van der Waals surface area contributed by atoms with Gasteiger partial charge in [-0.05, 0) is 32.3 Å². The van der Waals surface area contributed by atoms with Crippen LogP contribution in [0.25, 0.3) is 0 Å². The van der Waals surface area contributed by atoms with Gasteiger partial charge in [0.15, 0.2) is 0 Å². The molecule has 1 fully saturated rings. The number of nitrogens with zero attached hydrogens (tertiary/aromatic N) is 2. The lowest BCUT2D eigenvalue weighted by Gasteiger charge is -2.37. The van der Waals surface area contributed by atoms with E-state index in [1.165, 1.54) is 12.1 Å². The van der Waals surface area contributed by atoms with Crippen molar-refractivity contribution in [1.82, 2.24) is 9.80 Å². The van der Waals surface area contributed by atoms with Crippen molar-refractivity contribution in [3.05, 3.63) is 24.0 Å². The number of hydrogen-bond acceptors (Lipinski definition) is 5. The molecule has 1 heterocycles. The number of benzene rings is 1. The van der Waals surface area contributed by atoms with Crippen molar-refractivity contribution in [2.45, 2.75) is 10.9 Å². The highest BCUT2D eigenvalue weighted by Gasteiger charge is 2.22. The van der Waals surface area contributed by atoms with E-state index in [-0.39, 0.29) is 16.6 Å². The molecule has 0 spiro atoms. The molecule has 0 radical (unpaired) electrons. The number of halogens is 1. The molecule has 1 aliphatic heterocycles. The Bertz CT molecular complexity index is 608. The van der Waals surface area contributed by atoms with E-state index in [4.69, 9.17) is 5.14 Å². The van der Waals surface area contributed by atoms with Gasteiger partial charge in [0.25, 0.3) is 0 Å². The van der Waals surface area contributed by atoms with Gasteiger partial charge in [-0.15, -0.1) is 0 Å². The van der Waals surface area contributed by atoms with E-state index in [0.29, 0.717) is 6.54 Å². The predicted octanol–water partition coefficient (Wildman–Crippen LogP) is 0.131. The molecule has 1 aromatic carbocycles. The smallest absolute Gasteiger partial charge is 0.238 e. The van der Waals surface area contributed by atoms with Crippen LogP contribution in [0.2, 0.25) is 0 Å². The first-order chi connectivity index (χ1) is 9.77. The summed E-state index contributed by atoms with van der Waals surface area (Å²) < 4.78 is 36.2. The van der Waals surface area contributed by atoms with Crippen molar-refractivity contribution in [1.29, 1.82) is 0 Å². The van der Waals surface area contributed by atoms with Gasteiger partial charge >= 0.3 is 0 Å². The first kappa shape index (κ1) is 16.2. The van der Waals surface area contributed by atoms with Crippen molar-refractivity contribution in [2.24, 2.45) is 5.14 Å². The van der Waals surface area contributed by atoms with E-state index in [9.17, 15) is 12.8 Å². The molecule has 0 aromatic heterocycles. The summed E-state index contributed by atoms with van der Waals surface area (Å²) >= 11 is 0. The molecular formula is C13H21FN4O2S. The van der Waals surface area contributed by atoms with Crippen molar-refractivity contribution < 1.29 is 12.8 Å². The molecule has 118 valence electrons. The Morgan fingerprint density at radius 1 is 1.38 bits per heavy atom. The molecule has 1 aromatic rings. The molecule has 21 heavy (non-hydrogen) atoms. The molecule has 1 aliphatic rings. The second-order valence-electron chi connectivity index (χ2n) is 5.46. The Labute approximate surface area is 124 Å². The van der Waals surface area contributed by atoms with Crippen LogP contribution in [0.15, 0.2) is 23.1 Å². The van der Waals surface area contributed by atoms with E-state index in [0.717, 1.165) is 25.7 Å². The lowest BCUT2D eigenvalue weighted by molar-refractivity contribution is 0.122. The van der Waals surface area contributed by atoms with Crippen molar-refractivity contribution >= 4 is 15.7 Å². The summed E-state index contributed by atoms with van der Waals surface area (Å²) in [6.45, 7) is 3.48. The van der Waals surface area contributed by atoms with E-state index >= 15 is 0 Å². The molecular weight excluding hydrogens is 295 g/mol. The van der Waals surface area contributed by atoms with Gasteiger partial charge in [-0.1, -0.05) is 0 Å². The third-order valence-electron chi connectivity index (χ3n) is 3.78. The zero-order chi connectivity index (χ0) is 15.6. The maximum Gasteiger partial charge on any atom is 0.238 e. The van der Waals surface area contributed by atoms with Crippen LogP contribution < -0.4 is 10.5 Å². The van der Waals surface area contributed by atoms with Gasteiger partial charge in [0, 0.05) is 32.2 Å². The summed E-state index contributed by atoms with van der Waals surface area (Å²) in [7, 11) is 0.222. The Hall–Kier alpha value is -1.22. The lowest BCUT2D eigenvalue weighted by Crippen LogP contribution is -2.52. The van der Waals surface area contributed by atoms with Gasteiger partial charge < -0.3 is 10.2 Å². The number of sulfonamides is 1. The molecule has 1 saturated heterocycles. The summed E-state index contributed by atoms with van der Waals surface area (Å²) in [5, 5.41) is 8.01. The number of rotatable bonds is 4. The number of primary sulfonamides is 1. The highest BCUT2D eigenvalue weighted by atomic mass is 32.2. The third kappa shape index (κ3) is 4.13. The third-order valence-corrected chi connectivity index (χ3v) is 4.69. The lowest BCUT2D eigenvalue weighted by atomic mass is 10.2. The van der Waals surface area contributed by atoms with Crippen LogP contribution in [0.1, 0.15) is 0 Å². The normalized spacial score (nSPS) is 21.4. The highest BCUT2D eigenvalue weighted by molar-refractivity contribution is 7.89. The van der Waals surface area contributed by atoms with Crippen LogP contribution in [-0.4, -0.2) is 64.5 Å². The summed E-state index contributed by atoms with van der Waals surface area (Å²) in [5.41, 5.74) is 0.282. The average Bonchev–Trinajstić information content (AvgIpc) is 2.40. The average molecular weight is 316 g/mol. The van der Waals surface area contributed by atoms with Crippen LogP contribution in [-0.2, 0) is 10.0 Å². The molecule has 6 nitrogen and oxygen atoms in total. The van der Waals surface area contributed by atoms with Gasteiger partial charge in [-0.3, -0.25) is 4.90 Å². The molecule has 0 aliphatic carbocycles. The largest absolute Gasteiger partial charge is 0.381 e. The minimum Gasteiger partial charge on any atom is -0.381 e. The molecule has 3 N–H and O–H groups in total. The van der Waals surface area contributed by atoms with E-state index < -0.39 is 15.8 Å². The fraction of sp³-hybridized carbons (Fsp3) is 0.538. The van der Waals surface area contributed by atoms with Crippen molar-refractivity contribution in [3.8, 4) is 0 Å².